The first-order valence-electron chi connectivity index (χ1n) is 6.04. The molecule has 5 heteroatoms. The molecular formula is C15H14ClN3O. The number of rotatable bonds is 3. The first-order valence-corrected chi connectivity index (χ1v) is 6.42. The van der Waals surface area contributed by atoms with E-state index in [0.29, 0.717) is 22.0 Å². The van der Waals surface area contributed by atoms with Crippen molar-refractivity contribution in [1.82, 2.24) is 4.98 Å². The number of aryl methyl sites for hydroxylation is 2. The molecule has 0 aliphatic carbocycles. The Bertz CT molecular complexity index is 692. The van der Waals surface area contributed by atoms with Crippen molar-refractivity contribution in [3.8, 4) is 11.8 Å². The molecule has 0 amide bonds. The summed E-state index contributed by atoms with van der Waals surface area (Å²) in [5.74, 6) is 0.581. The molecule has 0 radical (unpaired) electrons. The van der Waals surface area contributed by atoms with Crippen LogP contribution in [-0.4, -0.2) is 12.1 Å². The normalized spacial score (nSPS) is 9.95. The molecule has 2 aromatic rings. The van der Waals surface area contributed by atoms with Crippen molar-refractivity contribution in [2.45, 2.75) is 13.8 Å². The number of benzene rings is 1. The van der Waals surface area contributed by atoms with Gasteiger partial charge in [-0.3, -0.25) is 4.98 Å². The van der Waals surface area contributed by atoms with E-state index >= 15 is 0 Å². The lowest BCUT2D eigenvalue weighted by atomic mass is 10.1. The van der Waals surface area contributed by atoms with Crippen LogP contribution in [0.25, 0.3) is 0 Å². The van der Waals surface area contributed by atoms with Crippen molar-refractivity contribution in [1.29, 1.82) is 5.26 Å². The lowest BCUT2D eigenvalue weighted by Crippen LogP contribution is -2.00. The topological polar surface area (TPSA) is 57.9 Å². The molecule has 1 N–H and O–H groups in total. The van der Waals surface area contributed by atoms with E-state index in [4.69, 9.17) is 16.3 Å². The maximum Gasteiger partial charge on any atom is 0.139 e. The minimum absolute atomic E-state index is 0.532. The van der Waals surface area contributed by atoms with E-state index in [1.807, 2.05) is 26.0 Å². The van der Waals surface area contributed by atoms with Crippen LogP contribution in [-0.2, 0) is 0 Å². The van der Waals surface area contributed by atoms with Crippen molar-refractivity contribution >= 4 is 23.0 Å². The summed E-state index contributed by atoms with van der Waals surface area (Å²) < 4.78 is 5.18. The largest absolute Gasteiger partial charge is 0.495 e. The van der Waals surface area contributed by atoms with Crippen LogP contribution in [0.2, 0.25) is 5.02 Å². The lowest BCUT2D eigenvalue weighted by molar-refractivity contribution is 0.415. The third-order valence-electron chi connectivity index (χ3n) is 2.87. The van der Waals surface area contributed by atoms with Gasteiger partial charge < -0.3 is 10.1 Å². The highest BCUT2D eigenvalue weighted by atomic mass is 35.5. The van der Waals surface area contributed by atoms with E-state index in [0.717, 1.165) is 17.1 Å². The molecule has 20 heavy (non-hydrogen) atoms. The van der Waals surface area contributed by atoms with Gasteiger partial charge in [0.15, 0.2) is 0 Å². The van der Waals surface area contributed by atoms with E-state index in [9.17, 15) is 5.26 Å². The van der Waals surface area contributed by atoms with Crippen LogP contribution in [0.1, 0.15) is 17.0 Å². The molecule has 0 fully saturated rings. The molecule has 0 saturated carbocycles. The van der Waals surface area contributed by atoms with Crippen molar-refractivity contribution in [3.63, 3.8) is 0 Å². The number of nitrogens with zero attached hydrogens (tertiary/aromatic N) is 2. The number of methoxy groups -OCH3 is 1. The Hall–Kier alpha value is -2.25. The summed E-state index contributed by atoms with van der Waals surface area (Å²) in [4.78, 5) is 4.29. The Kier molecular flexibility index (Phi) is 4.11. The third kappa shape index (κ3) is 2.84. The van der Waals surface area contributed by atoms with Gasteiger partial charge in [-0.05, 0) is 32.0 Å². The van der Waals surface area contributed by atoms with Crippen LogP contribution in [0.4, 0.5) is 11.4 Å². The summed E-state index contributed by atoms with van der Waals surface area (Å²) >= 11 is 5.99. The maximum atomic E-state index is 9.24. The first-order chi connectivity index (χ1) is 9.55. The van der Waals surface area contributed by atoms with Gasteiger partial charge in [0.1, 0.15) is 11.8 Å². The van der Waals surface area contributed by atoms with Gasteiger partial charge in [0.05, 0.1) is 29.1 Å². The molecule has 0 unspecified atom stereocenters. The molecule has 0 aliphatic heterocycles. The molecule has 0 bridgehead atoms. The smallest absolute Gasteiger partial charge is 0.139 e. The zero-order valence-corrected chi connectivity index (χ0v) is 12.2. The number of anilines is 2. The Morgan fingerprint density at radius 2 is 2.05 bits per heavy atom. The number of ether oxygens (including phenoxy) is 1. The zero-order valence-electron chi connectivity index (χ0n) is 11.5. The van der Waals surface area contributed by atoms with E-state index < -0.39 is 0 Å². The molecule has 0 atom stereocenters. The highest BCUT2D eigenvalue weighted by Gasteiger charge is 2.09. The Morgan fingerprint density at radius 3 is 2.70 bits per heavy atom. The molecule has 0 aliphatic rings. The van der Waals surface area contributed by atoms with Crippen LogP contribution in [0.5, 0.6) is 5.75 Å². The summed E-state index contributed by atoms with van der Waals surface area (Å²) in [6.45, 7) is 3.71. The predicted molar refractivity (Wildman–Crippen MR) is 79.7 cm³/mol. The second-order valence-electron chi connectivity index (χ2n) is 4.36. The fourth-order valence-corrected chi connectivity index (χ4v) is 2.16. The third-order valence-corrected chi connectivity index (χ3v) is 3.18. The van der Waals surface area contributed by atoms with Gasteiger partial charge in [-0.2, -0.15) is 5.26 Å². The molecule has 0 saturated heterocycles. The molecule has 1 aromatic carbocycles. The molecule has 4 nitrogen and oxygen atoms in total. The fourth-order valence-electron chi connectivity index (χ4n) is 1.96. The van der Waals surface area contributed by atoms with Gasteiger partial charge >= 0.3 is 0 Å². The summed E-state index contributed by atoms with van der Waals surface area (Å²) in [5.41, 5.74) is 3.61. The fraction of sp³-hybridized carbons (Fsp3) is 0.200. The highest BCUT2D eigenvalue weighted by Crippen LogP contribution is 2.30. The monoisotopic (exact) mass is 287 g/mol. The van der Waals surface area contributed by atoms with E-state index in [-0.39, 0.29) is 0 Å². The molecule has 0 spiro atoms. The number of nitrogens with one attached hydrogen (secondary N) is 1. The van der Waals surface area contributed by atoms with Gasteiger partial charge in [-0.1, -0.05) is 11.6 Å². The number of nitriles is 1. The summed E-state index contributed by atoms with van der Waals surface area (Å²) in [6, 6.07) is 9.37. The number of halogens is 1. The second-order valence-corrected chi connectivity index (χ2v) is 4.76. The number of hydrogen-bond donors (Lipinski definition) is 1. The molecule has 1 aromatic heterocycles. The Morgan fingerprint density at radius 1 is 1.30 bits per heavy atom. The van der Waals surface area contributed by atoms with Gasteiger partial charge in [-0.25, -0.2) is 0 Å². The Balaban J connectivity index is 2.42. The zero-order chi connectivity index (χ0) is 14.7. The SMILES string of the molecule is COc1cc(Nc2cc(C)nc(C)c2C#N)ccc1Cl. The maximum absolute atomic E-state index is 9.24. The second kappa shape index (κ2) is 5.81. The van der Waals surface area contributed by atoms with Crippen LogP contribution < -0.4 is 10.1 Å². The van der Waals surface area contributed by atoms with Crippen molar-refractivity contribution in [2.24, 2.45) is 0 Å². The van der Waals surface area contributed by atoms with Crippen LogP contribution in [0.15, 0.2) is 24.3 Å². The first kappa shape index (κ1) is 14.2. The van der Waals surface area contributed by atoms with E-state index in [1.165, 1.54) is 0 Å². The van der Waals surface area contributed by atoms with Crippen LogP contribution in [0, 0.1) is 25.2 Å². The van der Waals surface area contributed by atoms with Crippen molar-refractivity contribution in [3.05, 3.63) is 46.2 Å². The van der Waals surface area contributed by atoms with Crippen molar-refractivity contribution < 1.29 is 4.74 Å². The van der Waals surface area contributed by atoms with Crippen LogP contribution in [0.3, 0.4) is 0 Å². The standard InChI is InChI=1S/C15H14ClN3O/c1-9-6-14(12(8-17)10(2)18-9)19-11-4-5-13(16)15(7-11)20-3/h4-7H,1-3H3,(H,18,19). The van der Waals surface area contributed by atoms with E-state index in [1.54, 1.807) is 19.2 Å². The van der Waals surface area contributed by atoms with E-state index in [2.05, 4.69) is 16.4 Å². The molecule has 2 rings (SSSR count). The predicted octanol–water partition coefficient (Wildman–Crippen LogP) is 3.98. The quantitative estimate of drug-likeness (QED) is 0.928. The molecular weight excluding hydrogens is 274 g/mol. The summed E-state index contributed by atoms with van der Waals surface area (Å²) in [6.07, 6.45) is 0. The average molecular weight is 288 g/mol. The van der Waals surface area contributed by atoms with Gasteiger partial charge in [0, 0.05) is 17.4 Å². The molecule has 1 heterocycles. The van der Waals surface area contributed by atoms with Gasteiger partial charge in [-0.15, -0.1) is 0 Å². The van der Waals surface area contributed by atoms with Gasteiger partial charge in [0.2, 0.25) is 0 Å². The highest BCUT2D eigenvalue weighted by molar-refractivity contribution is 6.32. The summed E-state index contributed by atoms with van der Waals surface area (Å²) in [7, 11) is 1.56. The number of pyridine rings is 1. The summed E-state index contributed by atoms with van der Waals surface area (Å²) in [5, 5.41) is 13.0. The molecule has 102 valence electrons. The minimum atomic E-state index is 0.532. The lowest BCUT2D eigenvalue weighted by Gasteiger charge is -2.12. The number of aromatic nitrogens is 1. The minimum Gasteiger partial charge on any atom is -0.495 e. The van der Waals surface area contributed by atoms with Crippen LogP contribution >= 0.6 is 11.6 Å². The van der Waals surface area contributed by atoms with Crippen molar-refractivity contribution in [2.75, 3.05) is 12.4 Å². The average Bonchev–Trinajstić information content (AvgIpc) is 2.40. The van der Waals surface area contributed by atoms with Gasteiger partial charge in [0.25, 0.3) is 0 Å². The Labute approximate surface area is 123 Å². The number of hydrogen-bond acceptors (Lipinski definition) is 4.